The van der Waals surface area contributed by atoms with Crippen molar-refractivity contribution in [2.24, 2.45) is 0 Å². The minimum absolute atomic E-state index is 0.0659. The summed E-state index contributed by atoms with van der Waals surface area (Å²) in [5, 5.41) is 9.27. The van der Waals surface area contributed by atoms with E-state index in [0.29, 0.717) is 6.42 Å². The van der Waals surface area contributed by atoms with Crippen molar-refractivity contribution in [3.63, 3.8) is 0 Å². The first kappa shape index (κ1) is 22.0. The number of aliphatic hydroxyl groups excluding tert-OH is 1. The molecular weight excluding hydrogens is 400 g/mol. The van der Waals surface area contributed by atoms with Crippen LogP contribution in [0.15, 0.2) is 75.4 Å². The minimum Gasteiger partial charge on any atom is -0.447 e. The van der Waals surface area contributed by atoms with Crippen molar-refractivity contribution in [3.05, 3.63) is 77.4 Å². The normalized spacial score (nSPS) is 14.0. The number of benzene rings is 3. The predicted molar refractivity (Wildman–Crippen MR) is 130 cm³/mol. The molecule has 1 N–H and O–H groups in total. The van der Waals surface area contributed by atoms with E-state index in [0.717, 1.165) is 17.1 Å². The second kappa shape index (κ2) is 8.03. The first-order chi connectivity index (χ1) is 14.6. The molecule has 2 nitrogen and oxygen atoms in total. The van der Waals surface area contributed by atoms with Gasteiger partial charge in [0.05, 0.1) is 0 Å². The first-order valence-electron chi connectivity index (χ1n) is 11.0. The standard InChI is InChI=1S/C28H33O2S/c1-27(2,3)20-9-13-25-23(17-20)30-24-18-21(28(4,5)6)10-14-26(24)31(25)22-11-7-19(8-12-22)15-16-29/h7-14,17-18,29H,15-16H2,1-6H3/q+1. The van der Waals surface area contributed by atoms with E-state index in [1.807, 2.05) is 0 Å². The lowest BCUT2D eigenvalue weighted by molar-refractivity contribution is 0.299. The van der Waals surface area contributed by atoms with Gasteiger partial charge in [0.15, 0.2) is 16.4 Å². The van der Waals surface area contributed by atoms with Gasteiger partial charge in [0, 0.05) is 6.61 Å². The van der Waals surface area contributed by atoms with Crippen molar-refractivity contribution in [2.45, 2.75) is 73.5 Å². The van der Waals surface area contributed by atoms with Gasteiger partial charge in [0.2, 0.25) is 9.79 Å². The Hall–Kier alpha value is -2.23. The largest absolute Gasteiger partial charge is 0.447 e. The molecule has 0 saturated carbocycles. The zero-order valence-corrected chi connectivity index (χ0v) is 20.3. The van der Waals surface area contributed by atoms with Crippen LogP contribution in [0.2, 0.25) is 0 Å². The van der Waals surface area contributed by atoms with Crippen LogP contribution in [0.25, 0.3) is 0 Å². The SMILES string of the molecule is CC(C)(C)c1ccc2c(c1)Oc1cc(C(C)(C)C)ccc1[S+]2c1ccc(CCO)cc1. The van der Waals surface area contributed by atoms with Gasteiger partial charge in [-0.15, -0.1) is 0 Å². The Labute approximate surface area is 189 Å². The van der Waals surface area contributed by atoms with Crippen molar-refractivity contribution >= 4 is 10.9 Å². The van der Waals surface area contributed by atoms with Gasteiger partial charge in [-0.3, -0.25) is 0 Å². The second-order valence-electron chi connectivity index (χ2n) is 10.3. The number of hydrogen-bond donors (Lipinski definition) is 1. The van der Waals surface area contributed by atoms with Crippen LogP contribution in [0.3, 0.4) is 0 Å². The average molecular weight is 434 g/mol. The summed E-state index contributed by atoms with van der Waals surface area (Å²) >= 11 is 0. The molecule has 0 spiro atoms. The number of aliphatic hydroxyl groups is 1. The van der Waals surface area contributed by atoms with Crippen molar-refractivity contribution < 1.29 is 9.84 Å². The molecule has 0 radical (unpaired) electrons. The van der Waals surface area contributed by atoms with E-state index in [1.165, 1.54) is 25.8 Å². The number of ether oxygens (including phenoxy) is 1. The van der Waals surface area contributed by atoms with Crippen LogP contribution in [0, 0.1) is 0 Å². The smallest absolute Gasteiger partial charge is 0.209 e. The number of fused-ring (bicyclic) bond motifs is 2. The lowest BCUT2D eigenvalue weighted by Crippen LogP contribution is -2.17. The molecule has 3 aromatic rings. The van der Waals surface area contributed by atoms with Gasteiger partial charge in [-0.1, -0.05) is 65.8 Å². The Morgan fingerprint density at radius 2 is 1.19 bits per heavy atom. The number of rotatable bonds is 3. The lowest BCUT2D eigenvalue weighted by atomic mass is 9.87. The molecule has 1 heterocycles. The average Bonchev–Trinajstić information content (AvgIpc) is 2.71. The third-order valence-corrected chi connectivity index (χ3v) is 8.14. The van der Waals surface area contributed by atoms with Crippen LogP contribution in [-0.2, 0) is 28.1 Å². The van der Waals surface area contributed by atoms with E-state index >= 15 is 0 Å². The summed E-state index contributed by atoms with van der Waals surface area (Å²) in [6, 6.07) is 22.1. The molecule has 0 saturated heterocycles. The zero-order valence-electron chi connectivity index (χ0n) is 19.5. The molecule has 0 aromatic heterocycles. The highest BCUT2D eigenvalue weighted by Crippen LogP contribution is 2.49. The van der Waals surface area contributed by atoms with Crippen molar-refractivity contribution in [1.82, 2.24) is 0 Å². The van der Waals surface area contributed by atoms with Crippen LogP contribution in [0.1, 0.15) is 58.2 Å². The molecule has 1 aliphatic rings. The fraction of sp³-hybridized carbons (Fsp3) is 0.357. The molecule has 0 amide bonds. The molecule has 1 aliphatic heterocycles. The minimum atomic E-state index is -0.228. The van der Waals surface area contributed by atoms with Gasteiger partial charge < -0.3 is 9.84 Å². The monoisotopic (exact) mass is 433 g/mol. The Kier molecular flexibility index (Phi) is 5.70. The summed E-state index contributed by atoms with van der Waals surface area (Å²) in [7, 11) is -0.228. The molecule has 0 aliphatic carbocycles. The Morgan fingerprint density at radius 3 is 1.61 bits per heavy atom. The van der Waals surface area contributed by atoms with Crippen molar-refractivity contribution in [3.8, 4) is 11.5 Å². The maximum absolute atomic E-state index is 9.27. The van der Waals surface area contributed by atoms with Crippen LogP contribution in [-0.4, -0.2) is 11.7 Å². The summed E-state index contributed by atoms with van der Waals surface area (Å²) in [6.07, 6.45) is 0.689. The summed E-state index contributed by atoms with van der Waals surface area (Å²) in [6.45, 7) is 13.6. The molecule has 0 bridgehead atoms. The molecule has 3 aromatic carbocycles. The third kappa shape index (κ3) is 4.40. The molecule has 31 heavy (non-hydrogen) atoms. The van der Waals surface area contributed by atoms with Gasteiger partial charge in [-0.25, -0.2) is 0 Å². The fourth-order valence-corrected chi connectivity index (χ4v) is 6.02. The van der Waals surface area contributed by atoms with E-state index in [1.54, 1.807) is 0 Å². The predicted octanol–water partition coefficient (Wildman–Crippen LogP) is 7.02. The zero-order chi connectivity index (χ0) is 22.4. The van der Waals surface area contributed by atoms with E-state index in [9.17, 15) is 5.11 Å². The lowest BCUT2D eigenvalue weighted by Gasteiger charge is -2.26. The van der Waals surface area contributed by atoms with Gasteiger partial charge >= 0.3 is 0 Å². The Bertz CT molecular complexity index is 1020. The Morgan fingerprint density at radius 1 is 0.710 bits per heavy atom. The maximum Gasteiger partial charge on any atom is 0.209 e. The van der Waals surface area contributed by atoms with Crippen LogP contribution >= 0.6 is 0 Å². The summed E-state index contributed by atoms with van der Waals surface area (Å²) < 4.78 is 6.54. The van der Waals surface area contributed by atoms with Crippen molar-refractivity contribution in [1.29, 1.82) is 0 Å². The topological polar surface area (TPSA) is 29.5 Å². The summed E-state index contributed by atoms with van der Waals surface area (Å²) in [4.78, 5) is 3.75. The summed E-state index contributed by atoms with van der Waals surface area (Å²) in [5.74, 6) is 1.93. The van der Waals surface area contributed by atoms with E-state index in [2.05, 4.69) is 102 Å². The molecule has 3 heteroatoms. The molecular formula is C28H33O2S+. The fourth-order valence-electron chi connectivity index (χ4n) is 3.86. The molecule has 0 fully saturated rings. The van der Waals surface area contributed by atoms with Gasteiger partial charge in [0.25, 0.3) is 0 Å². The first-order valence-corrected chi connectivity index (χ1v) is 12.2. The summed E-state index contributed by atoms with van der Waals surface area (Å²) in [5.41, 5.74) is 3.86. The number of hydrogen-bond acceptors (Lipinski definition) is 2. The quantitative estimate of drug-likeness (QED) is 0.352. The highest BCUT2D eigenvalue weighted by Gasteiger charge is 2.40. The van der Waals surface area contributed by atoms with E-state index < -0.39 is 0 Å². The van der Waals surface area contributed by atoms with Crippen LogP contribution in [0.4, 0.5) is 0 Å². The molecule has 162 valence electrons. The molecule has 4 rings (SSSR count). The highest BCUT2D eigenvalue weighted by atomic mass is 32.2. The van der Waals surface area contributed by atoms with Gasteiger partial charge in [-0.05, 0) is 70.3 Å². The third-order valence-electron chi connectivity index (χ3n) is 5.84. The Balaban J connectivity index is 1.87. The maximum atomic E-state index is 9.27. The van der Waals surface area contributed by atoms with E-state index in [4.69, 9.17) is 4.74 Å². The van der Waals surface area contributed by atoms with Crippen molar-refractivity contribution in [2.75, 3.05) is 6.61 Å². The van der Waals surface area contributed by atoms with Gasteiger partial charge in [0.1, 0.15) is 10.9 Å². The van der Waals surface area contributed by atoms with E-state index in [-0.39, 0.29) is 28.3 Å². The van der Waals surface area contributed by atoms with Gasteiger partial charge in [-0.2, -0.15) is 0 Å². The second-order valence-corrected chi connectivity index (χ2v) is 12.3. The van der Waals surface area contributed by atoms with Crippen LogP contribution < -0.4 is 4.74 Å². The molecule has 0 atom stereocenters. The van der Waals surface area contributed by atoms with Crippen LogP contribution in [0.5, 0.6) is 11.5 Å². The highest BCUT2D eigenvalue weighted by molar-refractivity contribution is 7.97. The molecule has 0 unspecified atom stereocenters.